The van der Waals surface area contributed by atoms with E-state index in [1.54, 1.807) is 30.6 Å². The van der Waals surface area contributed by atoms with Gasteiger partial charge in [-0.1, -0.05) is 24.8 Å². The monoisotopic (exact) mass is 380 g/mol. The molecule has 0 saturated carbocycles. The van der Waals surface area contributed by atoms with Crippen molar-refractivity contribution in [3.05, 3.63) is 69.6 Å². The zero-order chi connectivity index (χ0) is 19.1. The van der Waals surface area contributed by atoms with Gasteiger partial charge in [-0.15, -0.1) is 11.3 Å². The Bertz CT molecular complexity index is 1110. The normalized spacial score (nSPS) is 13.3. The Kier molecular flexibility index (Phi) is 4.12. The molecule has 1 aliphatic heterocycles. The van der Waals surface area contributed by atoms with E-state index < -0.39 is 0 Å². The molecule has 27 heavy (non-hydrogen) atoms. The molecule has 4 rings (SSSR count). The summed E-state index contributed by atoms with van der Waals surface area (Å²) in [6.07, 6.45) is 0. The van der Waals surface area contributed by atoms with Gasteiger partial charge < -0.3 is 9.88 Å². The zero-order valence-electron chi connectivity index (χ0n) is 14.6. The van der Waals surface area contributed by atoms with Gasteiger partial charge in [-0.05, 0) is 17.5 Å². The largest absolute Gasteiger partial charge is 0.337 e. The maximum absolute atomic E-state index is 12.6. The maximum atomic E-state index is 12.6. The average molecular weight is 380 g/mol. The van der Waals surface area contributed by atoms with E-state index in [0.29, 0.717) is 27.3 Å². The predicted octanol–water partition coefficient (Wildman–Crippen LogP) is 2.07. The number of likely N-dealkylation sites (N-methyl/N-ethyl adjacent to an activating group) is 1. The van der Waals surface area contributed by atoms with Crippen molar-refractivity contribution in [2.45, 2.75) is 6.54 Å². The minimum absolute atomic E-state index is 0.117. The molecule has 0 aliphatic carbocycles. The molecule has 3 heterocycles. The van der Waals surface area contributed by atoms with E-state index in [1.807, 2.05) is 12.1 Å². The van der Waals surface area contributed by atoms with Crippen LogP contribution >= 0.6 is 11.3 Å². The summed E-state index contributed by atoms with van der Waals surface area (Å²) in [6, 6.07) is 8.92. The molecule has 0 fully saturated rings. The lowest BCUT2D eigenvalue weighted by Crippen LogP contribution is -2.38. The fourth-order valence-corrected chi connectivity index (χ4v) is 3.79. The Labute approximate surface area is 158 Å². The minimum Gasteiger partial charge on any atom is -0.337 e. The molecule has 2 amide bonds. The number of H-pyrrole nitrogens is 1. The van der Waals surface area contributed by atoms with Gasteiger partial charge in [-0.3, -0.25) is 19.3 Å². The summed E-state index contributed by atoms with van der Waals surface area (Å²) in [6.45, 7) is 3.96. The van der Waals surface area contributed by atoms with Crippen molar-refractivity contribution < 1.29 is 9.59 Å². The number of amides is 2. The van der Waals surface area contributed by atoms with Gasteiger partial charge in [-0.2, -0.15) is 0 Å². The number of nitrogens with zero attached hydrogens (tertiary/aromatic N) is 3. The van der Waals surface area contributed by atoms with E-state index in [1.165, 1.54) is 21.1 Å². The molecular weight excluding hydrogens is 364 g/mol. The van der Waals surface area contributed by atoms with Gasteiger partial charge in [-0.25, -0.2) is 4.98 Å². The third-order valence-corrected chi connectivity index (χ3v) is 5.41. The SMILES string of the molecule is C=C1c2ccccc2C(=O)N1CC(=O)N(C)Cc1nc2ccsc2c(=O)[nH]1. The topological polar surface area (TPSA) is 86.4 Å². The molecule has 0 atom stereocenters. The number of rotatable bonds is 4. The van der Waals surface area contributed by atoms with Crippen LogP contribution in [-0.2, 0) is 11.3 Å². The van der Waals surface area contributed by atoms with Gasteiger partial charge in [0.15, 0.2) is 0 Å². The molecule has 3 aromatic rings. The molecule has 7 nitrogen and oxygen atoms in total. The highest BCUT2D eigenvalue weighted by molar-refractivity contribution is 7.17. The van der Waals surface area contributed by atoms with E-state index in [4.69, 9.17) is 0 Å². The van der Waals surface area contributed by atoms with Crippen molar-refractivity contribution in [1.82, 2.24) is 19.8 Å². The quantitative estimate of drug-likeness (QED) is 0.751. The standard InChI is InChI=1S/C19H16N4O3S/c1-11-12-5-3-4-6-13(12)19(26)23(11)10-16(24)22(2)9-15-20-14-7-8-27-17(14)18(25)21-15/h3-8H,1,9-10H2,2H3,(H,20,21,25). The molecular formula is C19H16N4O3S. The van der Waals surface area contributed by atoms with E-state index in [9.17, 15) is 14.4 Å². The van der Waals surface area contributed by atoms with Crippen molar-refractivity contribution in [2.75, 3.05) is 13.6 Å². The fourth-order valence-electron chi connectivity index (χ4n) is 3.07. The van der Waals surface area contributed by atoms with Crippen LogP contribution in [0.25, 0.3) is 15.9 Å². The maximum Gasteiger partial charge on any atom is 0.268 e. The molecule has 0 radical (unpaired) electrons. The molecule has 136 valence electrons. The van der Waals surface area contributed by atoms with Crippen LogP contribution in [0.3, 0.4) is 0 Å². The number of fused-ring (bicyclic) bond motifs is 2. The first-order valence-corrected chi connectivity index (χ1v) is 9.14. The number of aromatic nitrogens is 2. The van der Waals surface area contributed by atoms with E-state index in [-0.39, 0.29) is 30.5 Å². The third kappa shape index (κ3) is 2.93. The van der Waals surface area contributed by atoms with Crippen LogP contribution < -0.4 is 5.56 Å². The molecule has 2 aromatic heterocycles. The van der Waals surface area contributed by atoms with Crippen molar-refractivity contribution in [3.63, 3.8) is 0 Å². The van der Waals surface area contributed by atoms with Crippen LogP contribution in [0.2, 0.25) is 0 Å². The highest BCUT2D eigenvalue weighted by Crippen LogP contribution is 2.30. The Morgan fingerprint density at radius 1 is 1.26 bits per heavy atom. The fraction of sp³-hybridized carbons (Fsp3) is 0.158. The Hall–Kier alpha value is -3.26. The van der Waals surface area contributed by atoms with Crippen LogP contribution in [-0.4, -0.2) is 45.2 Å². The Morgan fingerprint density at radius 2 is 2.00 bits per heavy atom. The predicted molar refractivity (Wildman–Crippen MR) is 103 cm³/mol. The van der Waals surface area contributed by atoms with Crippen LogP contribution in [0.4, 0.5) is 0 Å². The second-order valence-corrected chi connectivity index (χ2v) is 7.20. The number of carbonyl (C=O) groups excluding carboxylic acids is 2. The Balaban J connectivity index is 1.49. The van der Waals surface area contributed by atoms with Crippen LogP contribution in [0.5, 0.6) is 0 Å². The number of thiophene rings is 1. The lowest BCUT2D eigenvalue weighted by molar-refractivity contribution is -0.130. The van der Waals surface area contributed by atoms with Gasteiger partial charge in [0.2, 0.25) is 5.91 Å². The lowest BCUT2D eigenvalue weighted by atomic mass is 10.1. The zero-order valence-corrected chi connectivity index (χ0v) is 15.4. The number of hydrogen-bond acceptors (Lipinski definition) is 5. The smallest absolute Gasteiger partial charge is 0.268 e. The summed E-state index contributed by atoms with van der Waals surface area (Å²) in [5, 5.41) is 1.80. The summed E-state index contributed by atoms with van der Waals surface area (Å²) in [5.41, 5.74) is 2.20. The summed E-state index contributed by atoms with van der Waals surface area (Å²) in [5.74, 6) is -0.106. The minimum atomic E-state index is -0.273. The number of carbonyl (C=O) groups is 2. The molecule has 1 aliphatic rings. The first-order chi connectivity index (χ1) is 13.0. The molecule has 0 spiro atoms. The average Bonchev–Trinajstić information content (AvgIpc) is 3.21. The van der Waals surface area contributed by atoms with E-state index in [2.05, 4.69) is 16.5 Å². The molecule has 0 unspecified atom stereocenters. The first-order valence-electron chi connectivity index (χ1n) is 8.26. The summed E-state index contributed by atoms with van der Waals surface area (Å²) in [7, 11) is 1.61. The van der Waals surface area contributed by atoms with E-state index >= 15 is 0 Å². The lowest BCUT2D eigenvalue weighted by Gasteiger charge is -2.22. The number of nitrogens with one attached hydrogen (secondary N) is 1. The van der Waals surface area contributed by atoms with E-state index in [0.717, 1.165) is 5.56 Å². The highest BCUT2D eigenvalue weighted by Gasteiger charge is 2.32. The van der Waals surface area contributed by atoms with Crippen molar-refractivity contribution >= 4 is 39.1 Å². The van der Waals surface area contributed by atoms with Gasteiger partial charge in [0.25, 0.3) is 11.5 Å². The van der Waals surface area contributed by atoms with Gasteiger partial charge in [0.1, 0.15) is 17.1 Å². The molecule has 1 aromatic carbocycles. The highest BCUT2D eigenvalue weighted by atomic mass is 32.1. The third-order valence-electron chi connectivity index (χ3n) is 4.51. The molecule has 0 saturated heterocycles. The molecule has 0 bridgehead atoms. The summed E-state index contributed by atoms with van der Waals surface area (Å²) >= 11 is 1.32. The van der Waals surface area contributed by atoms with Crippen LogP contribution in [0, 0.1) is 0 Å². The summed E-state index contributed by atoms with van der Waals surface area (Å²) in [4.78, 5) is 47.1. The second-order valence-electron chi connectivity index (χ2n) is 6.28. The Morgan fingerprint density at radius 3 is 2.74 bits per heavy atom. The van der Waals surface area contributed by atoms with Crippen molar-refractivity contribution in [2.24, 2.45) is 0 Å². The second kappa shape index (κ2) is 6.48. The summed E-state index contributed by atoms with van der Waals surface area (Å²) < 4.78 is 0.560. The molecule has 1 N–H and O–H groups in total. The number of hydrogen-bond donors (Lipinski definition) is 1. The number of benzene rings is 1. The van der Waals surface area contributed by atoms with Crippen molar-refractivity contribution in [3.8, 4) is 0 Å². The first kappa shape index (κ1) is 17.2. The van der Waals surface area contributed by atoms with Gasteiger partial charge >= 0.3 is 0 Å². The van der Waals surface area contributed by atoms with Crippen molar-refractivity contribution in [1.29, 1.82) is 0 Å². The van der Waals surface area contributed by atoms with Gasteiger partial charge in [0.05, 0.1) is 12.1 Å². The molecule has 8 heteroatoms. The van der Waals surface area contributed by atoms with Crippen LogP contribution in [0.15, 0.2) is 47.1 Å². The number of aromatic amines is 1. The van der Waals surface area contributed by atoms with Gasteiger partial charge in [0, 0.05) is 23.9 Å². The van der Waals surface area contributed by atoms with Crippen LogP contribution in [0.1, 0.15) is 21.7 Å².